The molecule has 0 spiro atoms. The lowest BCUT2D eigenvalue weighted by Gasteiger charge is -2.20. The first kappa shape index (κ1) is 17.8. The van der Waals surface area contributed by atoms with Crippen LogP contribution in [-0.4, -0.2) is 65.7 Å². The van der Waals surface area contributed by atoms with E-state index in [2.05, 4.69) is 10.6 Å². The van der Waals surface area contributed by atoms with Crippen LogP contribution in [0.5, 0.6) is 0 Å². The van der Waals surface area contributed by atoms with E-state index in [-0.39, 0.29) is 6.54 Å². The molecule has 0 aromatic rings. The van der Waals surface area contributed by atoms with Crippen LogP contribution < -0.4 is 21.7 Å². The van der Waals surface area contributed by atoms with Gasteiger partial charge in [-0.15, -0.1) is 0 Å². The number of aliphatic hydroxyl groups is 1. The Kier molecular flexibility index (Phi) is 7.85. The van der Waals surface area contributed by atoms with Gasteiger partial charge in [0, 0.05) is 0 Å². The van der Waals surface area contributed by atoms with Crippen LogP contribution in [-0.2, 0) is 19.2 Å². The smallest absolute Gasteiger partial charge is 0.322 e. The Hall–Kier alpha value is -2.20. The fourth-order valence-corrected chi connectivity index (χ4v) is 1.15. The molecular formula is C10H18N4O6. The van der Waals surface area contributed by atoms with Gasteiger partial charge in [0.25, 0.3) is 0 Å². The van der Waals surface area contributed by atoms with E-state index in [1.807, 2.05) is 5.32 Å². The maximum absolute atomic E-state index is 11.6. The minimum atomic E-state index is -1.32. The lowest BCUT2D eigenvalue weighted by Crippen LogP contribution is -2.55. The number of aliphatic hydroxyl groups excluding tert-OH is 1. The number of carboxylic acid groups (broad SMARTS) is 1. The Balaban J connectivity index is 4.39. The zero-order chi connectivity index (χ0) is 15.7. The summed E-state index contributed by atoms with van der Waals surface area (Å²) in [7, 11) is 0. The molecule has 10 nitrogen and oxygen atoms in total. The molecule has 2 atom stereocenters. The summed E-state index contributed by atoms with van der Waals surface area (Å²) in [5, 5.41) is 24.2. The molecule has 0 radical (unpaired) electrons. The van der Waals surface area contributed by atoms with E-state index in [1.165, 1.54) is 6.92 Å². The highest BCUT2D eigenvalue weighted by Crippen LogP contribution is 1.93. The van der Waals surface area contributed by atoms with Gasteiger partial charge in [-0.2, -0.15) is 0 Å². The third kappa shape index (κ3) is 7.28. The van der Waals surface area contributed by atoms with Crippen LogP contribution in [0.4, 0.5) is 0 Å². The second-order valence-corrected chi connectivity index (χ2v) is 3.88. The molecule has 0 aromatic heterocycles. The van der Waals surface area contributed by atoms with Gasteiger partial charge in [0.2, 0.25) is 17.7 Å². The maximum Gasteiger partial charge on any atom is 0.322 e. The molecule has 0 fully saturated rings. The zero-order valence-electron chi connectivity index (χ0n) is 10.9. The first-order valence-corrected chi connectivity index (χ1v) is 5.71. The van der Waals surface area contributed by atoms with Crippen LogP contribution >= 0.6 is 0 Å². The standard InChI is InChI=1S/C10H18N4O6/c1-5(15)9(10(20)13-4-8(18)19)14-7(17)3-12-6(16)2-11/h5,9,15H,2-4,11H2,1H3,(H,12,16)(H,13,20)(H,14,17)(H,18,19). The number of rotatable bonds is 8. The summed E-state index contributed by atoms with van der Waals surface area (Å²) in [4.78, 5) is 44.2. The predicted octanol–water partition coefficient (Wildman–Crippen LogP) is -3.87. The predicted molar refractivity (Wildman–Crippen MR) is 66.3 cm³/mol. The van der Waals surface area contributed by atoms with Crippen molar-refractivity contribution in [2.75, 3.05) is 19.6 Å². The van der Waals surface area contributed by atoms with Crippen LogP contribution in [0.15, 0.2) is 0 Å². The quantitative estimate of drug-likeness (QED) is 0.265. The summed E-state index contributed by atoms with van der Waals surface area (Å²) in [6.07, 6.45) is -1.24. The van der Waals surface area contributed by atoms with Gasteiger partial charge in [-0.3, -0.25) is 19.2 Å². The summed E-state index contributed by atoms with van der Waals surface area (Å²) < 4.78 is 0. The van der Waals surface area contributed by atoms with E-state index >= 15 is 0 Å². The lowest BCUT2D eigenvalue weighted by molar-refractivity contribution is -0.139. The van der Waals surface area contributed by atoms with Crippen molar-refractivity contribution in [2.45, 2.75) is 19.1 Å². The topological polar surface area (TPSA) is 171 Å². The Bertz CT molecular complexity index is 384. The molecule has 0 aliphatic carbocycles. The molecule has 114 valence electrons. The number of hydrogen-bond donors (Lipinski definition) is 6. The second kappa shape index (κ2) is 8.82. The number of carboxylic acids is 1. The lowest BCUT2D eigenvalue weighted by atomic mass is 10.1. The van der Waals surface area contributed by atoms with Gasteiger partial charge >= 0.3 is 5.97 Å². The SMILES string of the molecule is CC(O)C(NC(=O)CNC(=O)CN)C(=O)NCC(=O)O. The van der Waals surface area contributed by atoms with Crippen molar-refractivity contribution in [1.82, 2.24) is 16.0 Å². The van der Waals surface area contributed by atoms with Gasteiger partial charge in [-0.05, 0) is 6.92 Å². The van der Waals surface area contributed by atoms with Crippen molar-refractivity contribution in [3.63, 3.8) is 0 Å². The van der Waals surface area contributed by atoms with Crippen molar-refractivity contribution in [2.24, 2.45) is 5.73 Å². The highest BCUT2D eigenvalue weighted by atomic mass is 16.4. The monoisotopic (exact) mass is 290 g/mol. The van der Waals surface area contributed by atoms with Gasteiger partial charge < -0.3 is 31.9 Å². The number of amides is 3. The van der Waals surface area contributed by atoms with Crippen molar-refractivity contribution < 1.29 is 29.4 Å². The van der Waals surface area contributed by atoms with Gasteiger partial charge in [0.15, 0.2) is 0 Å². The maximum atomic E-state index is 11.6. The number of aliphatic carboxylic acids is 1. The fraction of sp³-hybridized carbons (Fsp3) is 0.600. The second-order valence-electron chi connectivity index (χ2n) is 3.88. The van der Waals surface area contributed by atoms with Crippen LogP contribution in [0.3, 0.4) is 0 Å². The molecule has 0 saturated heterocycles. The first-order chi connectivity index (χ1) is 9.27. The number of nitrogens with one attached hydrogen (secondary N) is 3. The van der Waals surface area contributed by atoms with Crippen molar-refractivity contribution >= 4 is 23.7 Å². The molecule has 3 amide bonds. The molecule has 0 heterocycles. The molecule has 20 heavy (non-hydrogen) atoms. The molecular weight excluding hydrogens is 272 g/mol. The highest BCUT2D eigenvalue weighted by molar-refractivity contribution is 5.91. The van der Waals surface area contributed by atoms with E-state index in [9.17, 15) is 24.3 Å². The Morgan fingerprint density at radius 1 is 1.10 bits per heavy atom. The van der Waals surface area contributed by atoms with Crippen molar-refractivity contribution in [3.8, 4) is 0 Å². The first-order valence-electron chi connectivity index (χ1n) is 5.71. The summed E-state index contributed by atoms with van der Waals surface area (Å²) in [5.41, 5.74) is 5.02. The number of nitrogens with two attached hydrogens (primary N) is 1. The number of carbonyl (C=O) groups excluding carboxylic acids is 3. The largest absolute Gasteiger partial charge is 0.480 e. The highest BCUT2D eigenvalue weighted by Gasteiger charge is 2.25. The van der Waals surface area contributed by atoms with Gasteiger partial charge in [-0.25, -0.2) is 0 Å². The van der Waals surface area contributed by atoms with E-state index in [4.69, 9.17) is 10.8 Å². The van der Waals surface area contributed by atoms with E-state index in [1.54, 1.807) is 0 Å². The third-order valence-corrected chi connectivity index (χ3v) is 2.13. The minimum absolute atomic E-state index is 0.286. The average Bonchev–Trinajstić information content (AvgIpc) is 2.38. The molecule has 0 aromatic carbocycles. The van der Waals surface area contributed by atoms with E-state index in [0.717, 1.165) is 0 Å². The molecule has 2 unspecified atom stereocenters. The van der Waals surface area contributed by atoms with Gasteiger partial charge in [-0.1, -0.05) is 0 Å². The Morgan fingerprint density at radius 2 is 1.70 bits per heavy atom. The molecule has 0 aliphatic rings. The molecule has 0 bridgehead atoms. The van der Waals surface area contributed by atoms with E-state index < -0.39 is 48.9 Å². The summed E-state index contributed by atoms with van der Waals surface area (Å²) in [6.45, 7) is -0.0801. The Labute approximate surface area is 114 Å². The van der Waals surface area contributed by atoms with Crippen molar-refractivity contribution in [3.05, 3.63) is 0 Å². The fourth-order valence-electron chi connectivity index (χ4n) is 1.15. The molecule has 10 heteroatoms. The summed E-state index contributed by atoms with van der Waals surface area (Å²) in [5.74, 6) is -3.38. The summed E-state index contributed by atoms with van der Waals surface area (Å²) >= 11 is 0. The van der Waals surface area contributed by atoms with Crippen LogP contribution in [0, 0.1) is 0 Å². The van der Waals surface area contributed by atoms with Crippen molar-refractivity contribution in [1.29, 1.82) is 0 Å². The normalized spacial score (nSPS) is 12.9. The number of carbonyl (C=O) groups is 4. The van der Waals surface area contributed by atoms with Gasteiger partial charge in [0.1, 0.15) is 12.6 Å². The molecule has 0 rings (SSSR count). The zero-order valence-corrected chi connectivity index (χ0v) is 10.9. The van der Waals surface area contributed by atoms with Crippen LogP contribution in [0.2, 0.25) is 0 Å². The van der Waals surface area contributed by atoms with Crippen LogP contribution in [0.25, 0.3) is 0 Å². The summed E-state index contributed by atoms with van der Waals surface area (Å²) in [6, 6.07) is -1.32. The third-order valence-electron chi connectivity index (χ3n) is 2.13. The minimum Gasteiger partial charge on any atom is -0.480 e. The van der Waals surface area contributed by atoms with E-state index in [0.29, 0.717) is 0 Å². The molecule has 0 aliphatic heterocycles. The number of hydrogen-bond acceptors (Lipinski definition) is 6. The average molecular weight is 290 g/mol. The molecule has 7 N–H and O–H groups in total. The van der Waals surface area contributed by atoms with Crippen LogP contribution in [0.1, 0.15) is 6.92 Å². The van der Waals surface area contributed by atoms with Gasteiger partial charge in [0.05, 0.1) is 19.2 Å². The Morgan fingerprint density at radius 3 is 2.15 bits per heavy atom. The molecule has 0 saturated carbocycles.